The fourth-order valence-corrected chi connectivity index (χ4v) is 2.47. The number of rotatable bonds is 0. The average Bonchev–Trinajstić information content (AvgIpc) is 2.76. The summed E-state index contributed by atoms with van der Waals surface area (Å²) in [4.78, 5) is 0. The van der Waals surface area contributed by atoms with E-state index in [9.17, 15) is 0 Å². The summed E-state index contributed by atoms with van der Waals surface area (Å²) in [6.07, 6.45) is 2.93. The summed E-state index contributed by atoms with van der Waals surface area (Å²) in [5, 5.41) is 0. The number of hydrogen-bond donors (Lipinski definition) is 0. The molecule has 0 aromatic heterocycles. The van der Waals surface area contributed by atoms with Crippen LogP contribution in [0, 0.1) is 0 Å². The maximum absolute atomic E-state index is 2.22. The van der Waals surface area contributed by atoms with Crippen LogP contribution in [0.1, 0.15) is 39.2 Å². The lowest BCUT2D eigenvalue weighted by atomic mass is 9.87. The average molecular weight is 222 g/mol. The van der Waals surface area contributed by atoms with E-state index < -0.39 is 0 Å². The molecule has 15 heavy (non-hydrogen) atoms. The molecule has 2 rings (SSSR count). The molecule has 0 N–H and O–H groups in total. The summed E-state index contributed by atoms with van der Waals surface area (Å²) >= 11 is 2.07. The van der Waals surface area contributed by atoms with Crippen LogP contribution in [0.2, 0.25) is 0 Å². The predicted molar refractivity (Wildman–Crippen MR) is 71.7 cm³/mol. The fraction of sp³-hybridized carbons (Fsp3) is 0.571. The lowest BCUT2D eigenvalue weighted by Gasteiger charge is -2.18. The molecule has 0 spiro atoms. The molecular formula is C14H22S. The normalized spacial score (nSPS) is 15.7. The molecule has 1 aromatic rings. The van der Waals surface area contributed by atoms with Crippen LogP contribution in [0.3, 0.4) is 0 Å². The third-order valence-electron chi connectivity index (χ3n) is 2.47. The molecule has 0 nitrogen and oxygen atoms in total. The molecule has 0 unspecified atom stereocenters. The van der Waals surface area contributed by atoms with Crippen molar-refractivity contribution in [1.29, 1.82) is 0 Å². The molecule has 0 bridgehead atoms. The summed E-state index contributed by atoms with van der Waals surface area (Å²) in [7, 11) is 0. The summed E-state index contributed by atoms with van der Waals surface area (Å²) in [5.41, 5.74) is 1.69. The maximum atomic E-state index is 2.22. The molecule has 84 valence electrons. The Labute approximate surface area is 98.5 Å². The molecule has 1 fully saturated rings. The zero-order chi connectivity index (χ0) is 11.1. The Bertz CT molecular complexity index is 247. The molecular weight excluding hydrogens is 200 g/mol. The van der Waals surface area contributed by atoms with Crippen molar-refractivity contribution in [1.82, 2.24) is 0 Å². The van der Waals surface area contributed by atoms with Gasteiger partial charge in [0.25, 0.3) is 0 Å². The third kappa shape index (κ3) is 5.27. The van der Waals surface area contributed by atoms with Crippen LogP contribution in [0.4, 0.5) is 0 Å². The first-order chi connectivity index (χ1) is 7.11. The van der Waals surface area contributed by atoms with E-state index in [0.29, 0.717) is 5.41 Å². The Hall–Kier alpha value is -0.430. The van der Waals surface area contributed by atoms with Gasteiger partial charge < -0.3 is 0 Å². The number of benzene rings is 1. The summed E-state index contributed by atoms with van der Waals surface area (Å²) in [5.74, 6) is 2.83. The minimum atomic E-state index is 0.293. The van der Waals surface area contributed by atoms with E-state index in [-0.39, 0.29) is 0 Å². The standard InChI is InChI=1S/C10H14.C4H8S/c1-10(2,3)9-7-5-4-6-8-9;1-2-4-5-3-1/h4-8H,1-3H3;1-4H2. The van der Waals surface area contributed by atoms with Gasteiger partial charge in [-0.2, -0.15) is 11.8 Å². The largest absolute Gasteiger partial charge is 0.162 e. The Morgan fingerprint density at radius 2 is 1.47 bits per heavy atom. The molecule has 1 saturated heterocycles. The van der Waals surface area contributed by atoms with Gasteiger partial charge in [0.2, 0.25) is 0 Å². The Morgan fingerprint density at radius 1 is 0.933 bits per heavy atom. The van der Waals surface area contributed by atoms with E-state index in [0.717, 1.165) is 0 Å². The lowest BCUT2D eigenvalue weighted by Crippen LogP contribution is -2.10. The number of hydrogen-bond acceptors (Lipinski definition) is 1. The molecule has 0 amide bonds. The highest BCUT2D eigenvalue weighted by Gasteiger charge is 2.11. The van der Waals surface area contributed by atoms with Gasteiger partial charge in [-0.05, 0) is 35.3 Å². The minimum absolute atomic E-state index is 0.293. The van der Waals surface area contributed by atoms with E-state index in [1.807, 2.05) is 0 Å². The predicted octanol–water partition coefficient (Wildman–Crippen LogP) is 4.50. The zero-order valence-corrected chi connectivity index (χ0v) is 10.9. The van der Waals surface area contributed by atoms with Crippen molar-refractivity contribution < 1.29 is 0 Å². The van der Waals surface area contributed by atoms with Crippen molar-refractivity contribution in [2.24, 2.45) is 0 Å². The van der Waals surface area contributed by atoms with E-state index in [1.54, 1.807) is 0 Å². The Balaban J connectivity index is 0.000000187. The van der Waals surface area contributed by atoms with Crippen LogP contribution >= 0.6 is 11.8 Å². The topological polar surface area (TPSA) is 0 Å². The quantitative estimate of drug-likeness (QED) is 0.623. The smallest absolute Gasteiger partial charge is 0.00672 e. The first-order valence-electron chi connectivity index (χ1n) is 5.74. The van der Waals surface area contributed by atoms with Crippen LogP contribution in [-0.2, 0) is 5.41 Å². The van der Waals surface area contributed by atoms with Gasteiger partial charge >= 0.3 is 0 Å². The van der Waals surface area contributed by atoms with Crippen molar-refractivity contribution in [3.63, 3.8) is 0 Å². The molecule has 0 atom stereocenters. The summed E-state index contributed by atoms with van der Waals surface area (Å²) < 4.78 is 0. The second kappa shape index (κ2) is 6.22. The van der Waals surface area contributed by atoms with E-state index in [1.165, 1.54) is 29.9 Å². The third-order valence-corrected chi connectivity index (χ3v) is 3.62. The van der Waals surface area contributed by atoms with Gasteiger partial charge in [0.05, 0.1) is 0 Å². The van der Waals surface area contributed by atoms with Crippen LogP contribution < -0.4 is 0 Å². The van der Waals surface area contributed by atoms with Gasteiger partial charge in [-0.25, -0.2) is 0 Å². The van der Waals surface area contributed by atoms with Gasteiger partial charge in [0.15, 0.2) is 0 Å². The molecule has 0 aliphatic carbocycles. The molecule has 1 aliphatic heterocycles. The summed E-state index contributed by atoms with van der Waals surface area (Å²) in [6, 6.07) is 10.6. The van der Waals surface area contributed by atoms with Gasteiger partial charge in [-0.15, -0.1) is 0 Å². The van der Waals surface area contributed by atoms with Crippen LogP contribution in [-0.4, -0.2) is 11.5 Å². The van der Waals surface area contributed by atoms with Gasteiger partial charge in [-0.1, -0.05) is 51.1 Å². The van der Waals surface area contributed by atoms with E-state index >= 15 is 0 Å². The van der Waals surface area contributed by atoms with Crippen molar-refractivity contribution in [3.8, 4) is 0 Å². The van der Waals surface area contributed by atoms with Crippen molar-refractivity contribution in [2.75, 3.05) is 11.5 Å². The highest BCUT2D eigenvalue weighted by Crippen LogP contribution is 2.20. The van der Waals surface area contributed by atoms with Gasteiger partial charge in [0.1, 0.15) is 0 Å². The molecule has 1 aliphatic rings. The molecule has 1 aromatic carbocycles. The second-order valence-electron chi connectivity index (χ2n) is 4.94. The van der Waals surface area contributed by atoms with Crippen molar-refractivity contribution in [2.45, 2.75) is 39.0 Å². The second-order valence-corrected chi connectivity index (χ2v) is 6.16. The minimum Gasteiger partial charge on any atom is -0.162 e. The Kier molecular flexibility index (Phi) is 5.24. The van der Waals surface area contributed by atoms with Gasteiger partial charge in [-0.3, -0.25) is 0 Å². The van der Waals surface area contributed by atoms with E-state index in [4.69, 9.17) is 0 Å². The van der Waals surface area contributed by atoms with Crippen molar-refractivity contribution >= 4 is 11.8 Å². The molecule has 0 radical (unpaired) electrons. The highest BCUT2D eigenvalue weighted by molar-refractivity contribution is 7.99. The van der Waals surface area contributed by atoms with Crippen LogP contribution in [0.15, 0.2) is 30.3 Å². The fourth-order valence-electron chi connectivity index (χ4n) is 1.45. The monoisotopic (exact) mass is 222 g/mol. The molecule has 1 heteroatoms. The summed E-state index contributed by atoms with van der Waals surface area (Å²) in [6.45, 7) is 6.67. The first-order valence-corrected chi connectivity index (χ1v) is 6.89. The maximum Gasteiger partial charge on any atom is -0.00672 e. The molecule has 0 saturated carbocycles. The lowest BCUT2D eigenvalue weighted by molar-refractivity contribution is 0.590. The van der Waals surface area contributed by atoms with Crippen LogP contribution in [0.25, 0.3) is 0 Å². The number of thioether (sulfide) groups is 1. The molecule has 1 heterocycles. The van der Waals surface area contributed by atoms with Crippen molar-refractivity contribution in [3.05, 3.63) is 35.9 Å². The Morgan fingerprint density at radius 3 is 1.73 bits per heavy atom. The van der Waals surface area contributed by atoms with Gasteiger partial charge in [0, 0.05) is 0 Å². The van der Waals surface area contributed by atoms with Crippen LogP contribution in [0.5, 0.6) is 0 Å². The first kappa shape index (κ1) is 12.6. The van der Waals surface area contributed by atoms with E-state index in [2.05, 4.69) is 62.9 Å². The SMILES string of the molecule is C1CCSC1.CC(C)(C)c1ccccc1. The highest BCUT2D eigenvalue weighted by atomic mass is 32.2. The zero-order valence-electron chi connectivity index (χ0n) is 10.1.